The smallest absolute Gasteiger partial charge is 0.391 e. The Balaban J connectivity index is 1.47. The average Bonchev–Trinajstić information content (AvgIpc) is 3.27. The number of amides is 1. The van der Waals surface area contributed by atoms with Crippen LogP contribution in [0.2, 0.25) is 5.02 Å². The van der Waals surface area contributed by atoms with E-state index in [4.69, 9.17) is 16.3 Å². The summed E-state index contributed by atoms with van der Waals surface area (Å²) >= 11 is 6.70. The van der Waals surface area contributed by atoms with Gasteiger partial charge in [0.15, 0.2) is 5.69 Å². The molecule has 228 valence electrons. The molecule has 2 aromatic rings. The van der Waals surface area contributed by atoms with E-state index in [1.54, 1.807) is 10.7 Å². The monoisotopic (exact) mass is 619 g/mol. The SMILES string of the molecule is CCn1nc(C(=O)NCC2CCC(S(C)(=O)=O)CC2)c(Cl)c1-c1cnc(NC2CCCC(C(F)(F)F)C2)cc1OC. The Kier molecular flexibility index (Phi) is 9.77. The highest BCUT2D eigenvalue weighted by molar-refractivity contribution is 7.91. The molecule has 41 heavy (non-hydrogen) atoms. The van der Waals surface area contributed by atoms with Crippen LogP contribution in [0, 0.1) is 11.8 Å². The van der Waals surface area contributed by atoms with Gasteiger partial charge in [-0.2, -0.15) is 18.3 Å². The van der Waals surface area contributed by atoms with Crippen LogP contribution in [0.15, 0.2) is 12.3 Å². The summed E-state index contributed by atoms with van der Waals surface area (Å²) in [7, 11) is -1.59. The first kappa shape index (κ1) is 31.4. The summed E-state index contributed by atoms with van der Waals surface area (Å²) in [5, 5.41) is 10.2. The summed E-state index contributed by atoms with van der Waals surface area (Å²) in [5.41, 5.74) is 0.990. The lowest BCUT2D eigenvalue weighted by Gasteiger charge is -2.31. The van der Waals surface area contributed by atoms with Gasteiger partial charge in [-0.15, -0.1) is 0 Å². The fourth-order valence-corrected chi connectivity index (χ4v) is 7.30. The molecule has 4 rings (SSSR count). The molecule has 0 spiro atoms. The Morgan fingerprint density at radius 2 is 1.90 bits per heavy atom. The van der Waals surface area contributed by atoms with E-state index in [0.29, 0.717) is 74.4 Å². The van der Waals surface area contributed by atoms with E-state index in [9.17, 15) is 26.4 Å². The third kappa shape index (κ3) is 7.46. The van der Waals surface area contributed by atoms with Crippen LogP contribution in [-0.4, -0.2) is 66.5 Å². The number of aromatic nitrogens is 3. The minimum atomic E-state index is -4.22. The lowest BCUT2D eigenvalue weighted by molar-refractivity contribution is -0.182. The molecule has 2 fully saturated rings. The predicted octanol–water partition coefficient (Wildman–Crippen LogP) is 5.49. The predicted molar refractivity (Wildman–Crippen MR) is 151 cm³/mol. The molecule has 14 heteroatoms. The lowest BCUT2D eigenvalue weighted by atomic mass is 9.85. The molecule has 0 saturated heterocycles. The molecule has 2 aliphatic rings. The number of nitrogens with zero attached hydrogens (tertiary/aromatic N) is 3. The zero-order valence-electron chi connectivity index (χ0n) is 23.4. The summed E-state index contributed by atoms with van der Waals surface area (Å²) in [4.78, 5) is 17.5. The molecule has 2 aliphatic carbocycles. The molecule has 0 bridgehead atoms. The molecule has 2 atom stereocenters. The van der Waals surface area contributed by atoms with Crippen LogP contribution in [-0.2, 0) is 16.4 Å². The van der Waals surface area contributed by atoms with Crippen molar-refractivity contribution in [2.45, 2.75) is 82.3 Å². The van der Waals surface area contributed by atoms with E-state index >= 15 is 0 Å². The number of alkyl halides is 3. The number of carbonyl (C=O) groups is 1. The van der Waals surface area contributed by atoms with E-state index in [2.05, 4.69) is 20.7 Å². The summed E-state index contributed by atoms with van der Waals surface area (Å²) < 4.78 is 70.5. The van der Waals surface area contributed by atoms with Gasteiger partial charge >= 0.3 is 6.18 Å². The number of nitrogens with one attached hydrogen (secondary N) is 2. The van der Waals surface area contributed by atoms with Crippen LogP contribution >= 0.6 is 11.6 Å². The second-order valence-corrected chi connectivity index (χ2v) is 13.7. The molecule has 1 amide bonds. The minimum Gasteiger partial charge on any atom is -0.496 e. The number of methoxy groups -OCH3 is 1. The highest BCUT2D eigenvalue weighted by atomic mass is 35.5. The Morgan fingerprint density at radius 3 is 2.51 bits per heavy atom. The largest absolute Gasteiger partial charge is 0.496 e. The highest BCUT2D eigenvalue weighted by Gasteiger charge is 2.42. The van der Waals surface area contributed by atoms with Crippen LogP contribution < -0.4 is 15.4 Å². The maximum atomic E-state index is 13.2. The van der Waals surface area contributed by atoms with Crippen molar-refractivity contribution in [1.82, 2.24) is 20.1 Å². The van der Waals surface area contributed by atoms with E-state index < -0.39 is 27.8 Å². The minimum absolute atomic E-state index is 0.0126. The summed E-state index contributed by atoms with van der Waals surface area (Å²) in [5.74, 6) is -0.823. The van der Waals surface area contributed by atoms with Crippen molar-refractivity contribution in [2.24, 2.45) is 11.8 Å². The number of hydrogen-bond acceptors (Lipinski definition) is 7. The number of aryl methyl sites for hydroxylation is 1. The highest BCUT2D eigenvalue weighted by Crippen LogP contribution is 2.40. The van der Waals surface area contributed by atoms with Gasteiger partial charge in [0.1, 0.15) is 21.4 Å². The van der Waals surface area contributed by atoms with Crippen molar-refractivity contribution in [2.75, 3.05) is 25.2 Å². The molecule has 2 saturated carbocycles. The molecule has 2 unspecified atom stereocenters. The molecular weight excluding hydrogens is 583 g/mol. The van der Waals surface area contributed by atoms with Gasteiger partial charge in [0.25, 0.3) is 5.91 Å². The molecule has 9 nitrogen and oxygen atoms in total. The maximum absolute atomic E-state index is 13.2. The molecule has 0 aromatic carbocycles. The topological polar surface area (TPSA) is 115 Å². The zero-order chi connectivity index (χ0) is 29.9. The summed E-state index contributed by atoms with van der Waals surface area (Å²) in [6, 6.07) is 1.25. The van der Waals surface area contributed by atoms with Gasteiger partial charge in [-0.3, -0.25) is 9.48 Å². The van der Waals surface area contributed by atoms with E-state index in [0.717, 1.165) is 0 Å². The first-order valence-electron chi connectivity index (χ1n) is 13.9. The van der Waals surface area contributed by atoms with Gasteiger partial charge in [-0.25, -0.2) is 13.4 Å². The number of carbonyl (C=O) groups excluding carboxylic acids is 1. The van der Waals surface area contributed by atoms with Gasteiger partial charge in [0, 0.05) is 37.7 Å². The van der Waals surface area contributed by atoms with Crippen molar-refractivity contribution in [3.8, 4) is 17.0 Å². The number of ether oxygens (including phenoxy) is 1. The number of anilines is 1. The lowest BCUT2D eigenvalue weighted by Crippen LogP contribution is -2.34. The molecule has 2 heterocycles. The number of rotatable bonds is 9. The summed E-state index contributed by atoms with van der Waals surface area (Å²) in [6.45, 7) is 2.65. The standard InChI is InChI=1S/C27H37ClF3N5O4S/c1-4-36-25(23(28)24(35-36)26(37)33-14-16-8-10-19(11-9-16)41(3,38)39)20-15-32-22(13-21(20)40-2)34-18-7-5-6-17(12-18)27(29,30)31/h13,15-19H,4-12,14H2,1-3H3,(H,32,34)(H,33,37). The summed E-state index contributed by atoms with van der Waals surface area (Å²) in [6.07, 6.45) is 2.36. The van der Waals surface area contributed by atoms with Gasteiger partial charge < -0.3 is 15.4 Å². The van der Waals surface area contributed by atoms with Gasteiger partial charge in [-0.1, -0.05) is 18.0 Å². The van der Waals surface area contributed by atoms with Crippen molar-refractivity contribution >= 4 is 33.2 Å². The number of halogens is 4. The fraction of sp³-hybridized carbons (Fsp3) is 0.667. The van der Waals surface area contributed by atoms with Crippen LogP contribution in [0.5, 0.6) is 5.75 Å². The number of pyridine rings is 1. The van der Waals surface area contributed by atoms with Crippen LogP contribution in [0.25, 0.3) is 11.3 Å². The van der Waals surface area contributed by atoms with Crippen LogP contribution in [0.1, 0.15) is 68.8 Å². The third-order valence-electron chi connectivity index (χ3n) is 8.19. The van der Waals surface area contributed by atoms with E-state index in [1.807, 2.05) is 6.92 Å². The zero-order valence-corrected chi connectivity index (χ0v) is 25.0. The Morgan fingerprint density at radius 1 is 1.20 bits per heavy atom. The van der Waals surface area contributed by atoms with Gasteiger partial charge in [0.05, 0.1) is 34.6 Å². The Labute approximate surface area is 243 Å². The second-order valence-electron chi connectivity index (χ2n) is 11.0. The Bertz CT molecular complexity index is 1340. The molecule has 2 N–H and O–H groups in total. The van der Waals surface area contributed by atoms with Crippen molar-refractivity contribution in [1.29, 1.82) is 0 Å². The van der Waals surface area contributed by atoms with Crippen LogP contribution in [0.4, 0.5) is 19.0 Å². The van der Waals surface area contributed by atoms with Crippen LogP contribution in [0.3, 0.4) is 0 Å². The van der Waals surface area contributed by atoms with Crippen molar-refractivity contribution in [3.05, 3.63) is 23.0 Å². The number of sulfone groups is 1. The molecular formula is C27H37ClF3N5O4S. The van der Waals surface area contributed by atoms with E-state index in [1.165, 1.54) is 19.6 Å². The quantitative estimate of drug-likeness (QED) is 0.381. The molecule has 0 aliphatic heterocycles. The Hall–Kier alpha value is -2.54. The average molecular weight is 620 g/mol. The second kappa shape index (κ2) is 12.8. The first-order chi connectivity index (χ1) is 19.3. The maximum Gasteiger partial charge on any atom is 0.391 e. The molecule has 2 aromatic heterocycles. The van der Waals surface area contributed by atoms with Gasteiger partial charge in [0.2, 0.25) is 0 Å². The number of hydrogen-bond donors (Lipinski definition) is 2. The first-order valence-corrected chi connectivity index (χ1v) is 16.3. The third-order valence-corrected chi connectivity index (χ3v) is 10.2. The van der Waals surface area contributed by atoms with Crippen molar-refractivity contribution in [3.63, 3.8) is 0 Å². The van der Waals surface area contributed by atoms with Crippen molar-refractivity contribution < 1.29 is 31.1 Å². The van der Waals surface area contributed by atoms with Gasteiger partial charge in [-0.05, 0) is 57.8 Å². The normalized spacial score (nSPS) is 23.7. The van der Waals surface area contributed by atoms with E-state index in [-0.39, 0.29) is 40.8 Å². The fourth-order valence-electron chi connectivity index (χ4n) is 5.85. The molecule has 0 radical (unpaired) electrons.